The lowest BCUT2D eigenvalue weighted by atomic mass is 10.2. The Balaban J connectivity index is 1.91. The van der Waals surface area contributed by atoms with E-state index in [-0.39, 0.29) is 5.91 Å². The first-order valence-electron chi connectivity index (χ1n) is 5.95. The molecule has 0 radical (unpaired) electrons. The Kier molecular flexibility index (Phi) is 3.26. The smallest absolute Gasteiger partial charge is 0.238 e. The van der Waals surface area contributed by atoms with Crippen molar-refractivity contribution < 1.29 is 4.79 Å². The highest BCUT2D eigenvalue weighted by atomic mass is 16.2. The topological polar surface area (TPSA) is 35.6 Å². The summed E-state index contributed by atoms with van der Waals surface area (Å²) in [6, 6.07) is 0.479. The summed E-state index contributed by atoms with van der Waals surface area (Å²) in [5.74, 6) is 0.286. The maximum absolute atomic E-state index is 11.9. The standard InChI is InChI=1S/C11H21N3O/c1-9(2)13-6-7-14(11(15)8-13)10-4-3-5-12-10/h9-10,12H,3-8H2,1-2H3. The molecular formula is C11H21N3O. The quantitative estimate of drug-likeness (QED) is 0.711. The molecule has 1 amide bonds. The Labute approximate surface area is 91.6 Å². The van der Waals surface area contributed by atoms with E-state index in [1.165, 1.54) is 6.42 Å². The van der Waals surface area contributed by atoms with Crippen LogP contribution in [0.5, 0.6) is 0 Å². The number of nitrogens with one attached hydrogen (secondary N) is 1. The lowest BCUT2D eigenvalue weighted by Gasteiger charge is -2.39. The van der Waals surface area contributed by atoms with Crippen LogP contribution in [-0.4, -0.2) is 54.1 Å². The second-order valence-electron chi connectivity index (χ2n) is 4.76. The zero-order chi connectivity index (χ0) is 10.8. The van der Waals surface area contributed by atoms with Crippen LogP contribution in [0.15, 0.2) is 0 Å². The van der Waals surface area contributed by atoms with Gasteiger partial charge in [-0.05, 0) is 33.2 Å². The summed E-state index contributed by atoms with van der Waals surface area (Å²) in [6.07, 6.45) is 2.63. The third kappa shape index (κ3) is 2.32. The van der Waals surface area contributed by atoms with Crippen LogP contribution in [0.1, 0.15) is 26.7 Å². The van der Waals surface area contributed by atoms with Gasteiger partial charge < -0.3 is 4.90 Å². The molecule has 0 aromatic heterocycles. The Hall–Kier alpha value is -0.610. The Morgan fingerprint density at radius 3 is 2.73 bits per heavy atom. The van der Waals surface area contributed by atoms with Crippen LogP contribution in [0.2, 0.25) is 0 Å². The van der Waals surface area contributed by atoms with Crippen molar-refractivity contribution in [3.05, 3.63) is 0 Å². The van der Waals surface area contributed by atoms with Crippen molar-refractivity contribution in [2.75, 3.05) is 26.2 Å². The number of carbonyl (C=O) groups excluding carboxylic acids is 1. The van der Waals surface area contributed by atoms with Gasteiger partial charge in [-0.2, -0.15) is 0 Å². The summed E-state index contributed by atoms with van der Waals surface area (Å²) in [6.45, 7) is 7.85. The average Bonchev–Trinajstić information content (AvgIpc) is 2.70. The number of hydrogen-bond donors (Lipinski definition) is 1. The van der Waals surface area contributed by atoms with Gasteiger partial charge in [-0.1, -0.05) is 0 Å². The molecule has 2 fully saturated rings. The van der Waals surface area contributed by atoms with Crippen molar-refractivity contribution in [3.63, 3.8) is 0 Å². The van der Waals surface area contributed by atoms with E-state index in [0.29, 0.717) is 18.8 Å². The molecule has 15 heavy (non-hydrogen) atoms. The van der Waals surface area contributed by atoms with Crippen LogP contribution in [0, 0.1) is 0 Å². The van der Waals surface area contributed by atoms with E-state index < -0.39 is 0 Å². The number of carbonyl (C=O) groups is 1. The van der Waals surface area contributed by atoms with E-state index >= 15 is 0 Å². The first-order valence-corrected chi connectivity index (χ1v) is 5.95. The molecule has 0 aliphatic carbocycles. The van der Waals surface area contributed by atoms with Crippen molar-refractivity contribution in [1.29, 1.82) is 0 Å². The minimum absolute atomic E-state index is 0.286. The predicted octanol–water partition coefficient (Wildman–Crippen LogP) is 0.249. The Bertz CT molecular complexity index is 236. The third-order valence-electron chi connectivity index (χ3n) is 3.43. The van der Waals surface area contributed by atoms with Gasteiger partial charge in [0.2, 0.25) is 5.91 Å². The lowest BCUT2D eigenvalue weighted by Crippen LogP contribution is -2.57. The molecule has 0 aromatic carbocycles. The molecule has 2 saturated heterocycles. The monoisotopic (exact) mass is 211 g/mol. The average molecular weight is 211 g/mol. The third-order valence-corrected chi connectivity index (χ3v) is 3.43. The highest BCUT2D eigenvalue weighted by molar-refractivity contribution is 5.79. The highest BCUT2D eigenvalue weighted by Gasteiger charge is 2.31. The molecule has 2 aliphatic rings. The van der Waals surface area contributed by atoms with Crippen LogP contribution in [0.25, 0.3) is 0 Å². The molecule has 86 valence electrons. The fourth-order valence-corrected chi connectivity index (χ4v) is 2.41. The maximum atomic E-state index is 11.9. The maximum Gasteiger partial charge on any atom is 0.238 e. The first kappa shape index (κ1) is 10.9. The van der Waals surface area contributed by atoms with Crippen LogP contribution >= 0.6 is 0 Å². The molecule has 4 nitrogen and oxygen atoms in total. The van der Waals surface area contributed by atoms with Crippen molar-refractivity contribution in [2.45, 2.75) is 38.9 Å². The minimum Gasteiger partial charge on any atom is -0.325 e. The van der Waals surface area contributed by atoms with Crippen LogP contribution < -0.4 is 5.32 Å². The van der Waals surface area contributed by atoms with Gasteiger partial charge in [0.15, 0.2) is 0 Å². The lowest BCUT2D eigenvalue weighted by molar-refractivity contribution is -0.139. The van der Waals surface area contributed by atoms with Crippen molar-refractivity contribution in [2.24, 2.45) is 0 Å². The number of piperazine rings is 1. The fraction of sp³-hybridized carbons (Fsp3) is 0.909. The minimum atomic E-state index is 0.286. The first-order chi connectivity index (χ1) is 7.18. The molecule has 2 rings (SSSR count). The van der Waals surface area contributed by atoms with Gasteiger partial charge in [-0.3, -0.25) is 15.0 Å². The summed E-state index contributed by atoms with van der Waals surface area (Å²) in [7, 11) is 0. The van der Waals surface area contributed by atoms with E-state index in [2.05, 4.69) is 24.1 Å². The van der Waals surface area contributed by atoms with E-state index in [1.807, 2.05) is 4.90 Å². The van der Waals surface area contributed by atoms with Crippen molar-refractivity contribution in [3.8, 4) is 0 Å². The second kappa shape index (κ2) is 4.49. The van der Waals surface area contributed by atoms with Gasteiger partial charge in [0, 0.05) is 19.1 Å². The van der Waals surface area contributed by atoms with Gasteiger partial charge in [-0.25, -0.2) is 0 Å². The molecule has 2 heterocycles. The normalized spacial score (nSPS) is 29.1. The molecule has 4 heteroatoms. The van der Waals surface area contributed by atoms with Gasteiger partial charge in [0.05, 0.1) is 12.7 Å². The van der Waals surface area contributed by atoms with Gasteiger partial charge in [-0.15, -0.1) is 0 Å². The number of nitrogens with zero attached hydrogens (tertiary/aromatic N) is 2. The highest BCUT2D eigenvalue weighted by Crippen LogP contribution is 2.15. The summed E-state index contributed by atoms with van der Waals surface area (Å²) < 4.78 is 0. The molecule has 1 unspecified atom stereocenters. The van der Waals surface area contributed by atoms with Gasteiger partial charge >= 0.3 is 0 Å². The molecule has 0 bridgehead atoms. The number of amides is 1. The summed E-state index contributed by atoms with van der Waals surface area (Å²) in [5, 5.41) is 3.39. The summed E-state index contributed by atoms with van der Waals surface area (Å²) in [4.78, 5) is 16.2. The van der Waals surface area contributed by atoms with E-state index in [1.54, 1.807) is 0 Å². The summed E-state index contributed by atoms with van der Waals surface area (Å²) >= 11 is 0. The second-order valence-corrected chi connectivity index (χ2v) is 4.76. The van der Waals surface area contributed by atoms with Crippen LogP contribution in [-0.2, 0) is 4.79 Å². The van der Waals surface area contributed by atoms with E-state index in [0.717, 1.165) is 26.1 Å². The van der Waals surface area contributed by atoms with E-state index in [4.69, 9.17) is 0 Å². The zero-order valence-electron chi connectivity index (χ0n) is 9.70. The molecule has 2 aliphatic heterocycles. The van der Waals surface area contributed by atoms with Crippen LogP contribution in [0.4, 0.5) is 0 Å². The molecule has 0 saturated carbocycles. The summed E-state index contributed by atoms with van der Waals surface area (Å²) in [5.41, 5.74) is 0. The van der Waals surface area contributed by atoms with Gasteiger partial charge in [0.25, 0.3) is 0 Å². The van der Waals surface area contributed by atoms with Crippen molar-refractivity contribution >= 4 is 5.91 Å². The number of hydrogen-bond acceptors (Lipinski definition) is 3. The zero-order valence-corrected chi connectivity index (χ0v) is 9.70. The molecule has 1 atom stereocenters. The largest absolute Gasteiger partial charge is 0.325 e. The Morgan fingerprint density at radius 1 is 1.40 bits per heavy atom. The molecule has 0 spiro atoms. The fourth-order valence-electron chi connectivity index (χ4n) is 2.41. The number of rotatable bonds is 2. The predicted molar refractivity (Wildman–Crippen MR) is 59.4 cm³/mol. The van der Waals surface area contributed by atoms with Crippen LogP contribution in [0.3, 0.4) is 0 Å². The van der Waals surface area contributed by atoms with Crippen molar-refractivity contribution in [1.82, 2.24) is 15.1 Å². The van der Waals surface area contributed by atoms with E-state index in [9.17, 15) is 4.79 Å². The molecular weight excluding hydrogens is 190 g/mol. The van der Waals surface area contributed by atoms with Gasteiger partial charge in [0.1, 0.15) is 0 Å². The molecule has 0 aromatic rings. The SMILES string of the molecule is CC(C)N1CCN(C2CCCN2)C(=O)C1. The molecule has 1 N–H and O–H groups in total. The Morgan fingerprint density at radius 2 is 2.20 bits per heavy atom.